The Kier molecular flexibility index (Phi) is 7.88. The molecule has 0 saturated carbocycles. The highest BCUT2D eigenvalue weighted by atomic mass is 32.2. The third-order valence-electron chi connectivity index (χ3n) is 5.21. The summed E-state index contributed by atoms with van der Waals surface area (Å²) in [7, 11) is -6.69. The zero-order chi connectivity index (χ0) is 27.2. The third kappa shape index (κ3) is 6.07. The molecular formula is C25H23N5O6S2. The SMILES string of the molecule is COc1ccccc1N(CC(=O)Nc1ccc(S(=O)(=O)Nc2ncccn2)cc1)S(=O)(=O)c1ccccc1. The van der Waals surface area contributed by atoms with E-state index in [0.29, 0.717) is 0 Å². The van der Waals surface area contributed by atoms with Crippen molar-refractivity contribution < 1.29 is 26.4 Å². The van der Waals surface area contributed by atoms with E-state index in [-0.39, 0.29) is 32.9 Å². The van der Waals surface area contributed by atoms with Crippen LogP contribution >= 0.6 is 0 Å². The molecule has 0 spiro atoms. The predicted octanol–water partition coefficient (Wildman–Crippen LogP) is 3.12. The van der Waals surface area contributed by atoms with Gasteiger partial charge in [-0.2, -0.15) is 0 Å². The highest BCUT2D eigenvalue weighted by molar-refractivity contribution is 7.93. The molecule has 0 aliphatic carbocycles. The Balaban J connectivity index is 1.55. The van der Waals surface area contributed by atoms with Gasteiger partial charge < -0.3 is 10.1 Å². The summed E-state index contributed by atoms with van der Waals surface area (Å²) in [5.74, 6) is -0.466. The Hall–Kier alpha value is -4.49. The van der Waals surface area contributed by atoms with Gasteiger partial charge in [-0.05, 0) is 54.6 Å². The first kappa shape index (κ1) is 26.6. The molecule has 0 aliphatic heterocycles. The van der Waals surface area contributed by atoms with E-state index in [1.54, 1.807) is 42.5 Å². The second-order valence-electron chi connectivity index (χ2n) is 7.75. The van der Waals surface area contributed by atoms with E-state index in [1.165, 1.54) is 62.0 Å². The van der Waals surface area contributed by atoms with Crippen LogP contribution in [0.15, 0.2) is 107 Å². The van der Waals surface area contributed by atoms with E-state index in [9.17, 15) is 21.6 Å². The lowest BCUT2D eigenvalue weighted by molar-refractivity contribution is -0.114. The number of para-hydroxylation sites is 2. The molecule has 0 radical (unpaired) electrons. The molecule has 0 aliphatic rings. The normalized spacial score (nSPS) is 11.4. The fraction of sp³-hybridized carbons (Fsp3) is 0.0800. The molecule has 11 nitrogen and oxygen atoms in total. The third-order valence-corrected chi connectivity index (χ3v) is 8.33. The summed E-state index contributed by atoms with van der Waals surface area (Å²) in [5.41, 5.74) is 0.451. The van der Waals surface area contributed by atoms with Gasteiger partial charge in [0, 0.05) is 18.1 Å². The van der Waals surface area contributed by atoms with Gasteiger partial charge in [-0.15, -0.1) is 0 Å². The van der Waals surface area contributed by atoms with E-state index < -0.39 is 32.5 Å². The number of methoxy groups -OCH3 is 1. The summed E-state index contributed by atoms with van der Waals surface area (Å²) in [5, 5.41) is 2.61. The van der Waals surface area contributed by atoms with Crippen LogP contribution in [0.2, 0.25) is 0 Å². The minimum atomic E-state index is -4.14. The van der Waals surface area contributed by atoms with Crippen molar-refractivity contribution in [3.63, 3.8) is 0 Å². The maximum atomic E-state index is 13.5. The average molecular weight is 554 g/mol. The number of carbonyl (C=O) groups excluding carboxylic acids is 1. The maximum Gasteiger partial charge on any atom is 0.264 e. The van der Waals surface area contributed by atoms with Crippen LogP contribution in [0.3, 0.4) is 0 Å². The van der Waals surface area contributed by atoms with Crippen LogP contribution in [0.4, 0.5) is 17.3 Å². The molecule has 0 atom stereocenters. The first-order valence-electron chi connectivity index (χ1n) is 11.1. The molecule has 38 heavy (non-hydrogen) atoms. The largest absolute Gasteiger partial charge is 0.495 e. The van der Waals surface area contributed by atoms with Crippen LogP contribution in [-0.2, 0) is 24.8 Å². The fourth-order valence-corrected chi connectivity index (χ4v) is 5.84. The second kappa shape index (κ2) is 11.3. The number of carbonyl (C=O) groups is 1. The smallest absolute Gasteiger partial charge is 0.264 e. The van der Waals surface area contributed by atoms with Gasteiger partial charge in [0.1, 0.15) is 12.3 Å². The van der Waals surface area contributed by atoms with Gasteiger partial charge in [0.25, 0.3) is 20.0 Å². The number of hydrogen-bond donors (Lipinski definition) is 2. The number of nitrogens with one attached hydrogen (secondary N) is 2. The van der Waals surface area contributed by atoms with Crippen molar-refractivity contribution in [2.24, 2.45) is 0 Å². The highest BCUT2D eigenvalue weighted by Gasteiger charge is 2.29. The Labute approximate surface area is 220 Å². The van der Waals surface area contributed by atoms with Gasteiger partial charge in [-0.1, -0.05) is 30.3 Å². The van der Waals surface area contributed by atoms with Gasteiger partial charge in [0.05, 0.1) is 22.6 Å². The molecule has 0 saturated heterocycles. The van der Waals surface area contributed by atoms with Gasteiger partial charge in [0.2, 0.25) is 11.9 Å². The van der Waals surface area contributed by atoms with Crippen molar-refractivity contribution in [1.82, 2.24) is 9.97 Å². The molecule has 1 aromatic heterocycles. The van der Waals surface area contributed by atoms with E-state index >= 15 is 0 Å². The molecule has 13 heteroatoms. The van der Waals surface area contributed by atoms with Gasteiger partial charge in [-0.25, -0.2) is 31.5 Å². The second-order valence-corrected chi connectivity index (χ2v) is 11.3. The van der Waals surface area contributed by atoms with Crippen molar-refractivity contribution in [3.05, 3.63) is 97.3 Å². The van der Waals surface area contributed by atoms with Gasteiger partial charge >= 0.3 is 0 Å². The lowest BCUT2D eigenvalue weighted by atomic mass is 10.3. The first-order valence-corrected chi connectivity index (χ1v) is 14.0. The number of sulfonamides is 2. The quantitative estimate of drug-likeness (QED) is 0.304. The number of benzene rings is 3. The molecule has 3 aromatic carbocycles. The van der Waals surface area contributed by atoms with Crippen molar-refractivity contribution >= 4 is 43.3 Å². The molecule has 0 unspecified atom stereocenters. The molecule has 2 N–H and O–H groups in total. The van der Waals surface area contributed by atoms with Crippen molar-refractivity contribution in [1.29, 1.82) is 0 Å². The summed E-state index contributed by atoms with van der Waals surface area (Å²) in [4.78, 5) is 20.6. The summed E-state index contributed by atoms with van der Waals surface area (Å²) in [6, 6.07) is 21.1. The molecule has 0 bridgehead atoms. The van der Waals surface area contributed by atoms with Gasteiger partial charge in [-0.3, -0.25) is 9.10 Å². The molecule has 196 valence electrons. The van der Waals surface area contributed by atoms with Crippen molar-refractivity contribution in [2.75, 3.05) is 28.0 Å². The van der Waals surface area contributed by atoms with Crippen LogP contribution in [0.25, 0.3) is 0 Å². The Morgan fingerprint density at radius 1 is 0.816 bits per heavy atom. The fourth-order valence-electron chi connectivity index (χ4n) is 3.43. The number of anilines is 3. The molecule has 1 amide bonds. The van der Waals surface area contributed by atoms with Gasteiger partial charge in [0.15, 0.2) is 0 Å². The molecule has 4 aromatic rings. The maximum absolute atomic E-state index is 13.5. The molecule has 1 heterocycles. The average Bonchev–Trinajstić information content (AvgIpc) is 2.93. The highest BCUT2D eigenvalue weighted by Crippen LogP contribution is 2.32. The monoisotopic (exact) mass is 553 g/mol. The van der Waals surface area contributed by atoms with E-state index in [1.807, 2.05) is 0 Å². The topological polar surface area (TPSA) is 148 Å². The molecule has 4 rings (SSSR count). The zero-order valence-corrected chi connectivity index (χ0v) is 21.7. The van der Waals surface area contributed by atoms with Crippen LogP contribution in [0.5, 0.6) is 5.75 Å². The van der Waals surface area contributed by atoms with Crippen LogP contribution < -0.4 is 19.1 Å². The van der Waals surface area contributed by atoms with E-state index in [2.05, 4.69) is 20.0 Å². The lowest BCUT2D eigenvalue weighted by Gasteiger charge is -2.25. The first-order chi connectivity index (χ1) is 18.2. The van der Waals surface area contributed by atoms with Crippen LogP contribution in [-0.4, -0.2) is 46.4 Å². The van der Waals surface area contributed by atoms with E-state index in [4.69, 9.17) is 4.74 Å². The predicted molar refractivity (Wildman–Crippen MR) is 142 cm³/mol. The summed E-state index contributed by atoms with van der Waals surface area (Å²) < 4.78 is 60.7. The van der Waals surface area contributed by atoms with Crippen molar-refractivity contribution in [2.45, 2.75) is 9.79 Å². The lowest BCUT2D eigenvalue weighted by Crippen LogP contribution is -2.38. The number of hydrogen-bond acceptors (Lipinski definition) is 8. The van der Waals surface area contributed by atoms with E-state index in [0.717, 1.165) is 4.31 Å². The molecular weight excluding hydrogens is 530 g/mol. The summed E-state index contributed by atoms with van der Waals surface area (Å²) >= 11 is 0. The number of amides is 1. The van der Waals surface area contributed by atoms with Crippen LogP contribution in [0, 0.1) is 0 Å². The van der Waals surface area contributed by atoms with Crippen molar-refractivity contribution in [3.8, 4) is 5.75 Å². The minimum Gasteiger partial charge on any atom is -0.495 e. The number of ether oxygens (including phenoxy) is 1. The standard InChI is InChI=1S/C25H23N5O6S2/c1-36-23-11-6-5-10-22(23)30(38(34,35)21-8-3-2-4-9-21)18-24(31)28-19-12-14-20(15-13-19)37(32,33)29-25-26-16-7-17-27-25/h2-17H,18H2,1H3,(H,28,31)(H,26,27,29). The Morgan fingerprint density at radius 3 is 2.11 bits per heavy atom. The number of aromatic nitrogens is 2. The minimum absolute atomic E-state index is 0.00293. The Morgan fingerprint density at radius 2 is 1.45 bits per heavy atom. The molecule has 0 fully saturated rings. The van der Waals surface area contributed by atoms with Crippen LogP contribution in [0.1, 0.15) is 0 Å². The number of rotatable bonds is 10. The number of nitrogens with zero attached hydrogens (tertiary/aromatic N) is 3. The zero-order valence-electron chi connectivity index (χ0n) is 20.1. The summed E-state index contributed by atoms with van der Waals surface area (Å²) in [6.07, 6.45) is 2.80. The summed E-state index contributed by atoms with van der Waals surface area (Å²) in [6.45, 7) is -0.565. The Bertz CT molecular complexity index is 1620.